The minimum absolute atomic E-state index is 0.341. The fourth-order valence-corrected chi connectivity index (χ4v) is 4.67. The molecule has 0 aliphatic heterocycles. The Kier molecular flexibility index (Phi) is 5.50. The van der Waals surface area contributed by atoms with E-state index in [1.165, 1.54) is 50.7 Å². The average molecular weight is 318 g/mol. The van der Waals surface area contributed by atoms with Crippen LogP contribution in [-0.2, 0) is 0 Å². The van der Waals surface area contributed by atoms with Gasteiger partial charge in [0.2, 0.25) is 0 Å². The highest BCUT2D eigenvalue weighted by Gasteiger charge is 2.35. The molecule has 0 amide bonds. The Morgan fingerprint density at radius 2 is 1.65 bits per heavy atom. The molecule has 2 aliphatic carbocycles. The topological polar surface area (TPSA) is 0 Å². The van der Waals surface area contributed by atoms with E-state index in [0.29, 0.717) is 5.92 Å². The molecule has 4 atom stereocenters. The quantitative estimate of drug-likeness (QED) is 0.547. The van der Waals surface area contributed by atoms with Crippen molar-refractivity contribution in [3.8, 4) is 0 Å². The van der Waals surface area contributed by atoms with E-state index in [-0.39, 0.29) is 0 Å². The molecule has 2 aliphatic rings. The van der Waals surface area contributed by atoms with Crippen molar-refractivity contribution < 1.29 is 8.78 Å². The predicted octanol–water partition coefficient (Wildman–Crippen LogP) is 6.62. The molecule has 1 aromatic carbocycles. The molecule has 2 fully saturated rings. The molecule has 0 saturated heterocycles. The summed E-state index contributed by atoms with van der Waals surface area (Å²) in [6, 6.07) is 4.04. The Labute approximate surface area is 139 Å². The van der Waals surface area contributed by atoms with Gasteiger partial charge in [0.25, 0.3) is 0 Å². The predicted molar refractivity (Wildman–Crippen MR) is 91.3 cm³/mol. The van der Waals surface area contributed by atoms with Crippen LogP contribution in [0.2, 0.25) is 0 Å². The third-order valence-electron chi connectivity index (χ3n) is 5.87. The fraction of sp³-hybridized carbons (Fsp3) is 0.619. The van der Waals surface area contributed by atoms with Crippen LogP contribution in [-0.4, -0.2) is 0 Å². The lowest BCUT2D eigenvalue weighted by molar-refractivity contribution is 0.133. The zero-order valence-corrected chi connectivity index (χ0v) is 14.1. The molecule has 1 aromatic rings. The van der Waals surface area contributed by atoms with Crippen molar-refractivity contribution in [3.63, 3.8) is 0 Å². The first-order chi connectivity index (χ1) is 11.2. The third-order valence-corrected chi connectivity index (χ3v) is 5.87. The van der Waals surface area contributed by atoms with Crippen molar-refractivity contribution in [2.75, 3.05) is 0 Å². The first-order valence-electron chi connectivity index (χ1n) is 9.28. The zero-order valence-electron chi connectivity index (χ0n) is 14.1. The van der Waals surface area contributed by atoms with Crippen LogP contribution in [0.4, 0.5) is 8.78 Å². The number of hydrogen-bond acceptors (Lipinski definition) is 0. The van der Waals surface area contributed by atoms with E-state index >= 15 is 0 Å². The van der Waals surface area contributed by atoms with Gasteiger partial charge < -0.3 is 0 Å². The van der Waals surface area contributed by atoms with Gasteiger partial charge in [-0.3, -0.25) is 0 Å². The highest BCUT2D eigenvalue weighted by atomic mass is 19.1. The van der Waals surface area contributed by atoms with Crippen LogP contribution in [0.15, 0.2) is 30.4 Å². The first-order valence-corrected chi connectivity index (χ1v) is 9.28. The Hall–Kier alpha value is -1.18. The number of benzene rings is 1. The van der Waals surface area contributed by atoms with Crippen molar-refractivity contribution in [1.82, 2.24) is 0 Å². The number of rotatable bonds is 4. The normalized spacial score (nSPS) is 31.3. The largest absolute Gasteiger partial charge is 0.207 e. The number of fused-ring (bicyclic) bond motifs is 1. The van der Waals surface area contributed by atoms with Gasteiger partial charge in [-0.15, -0.1) is 0 Å². The SMILES string of the molecule is CCC/C=C/C1CCC2CC(c3cc(F)cc(F)c3)CCC2C1. The van der Waals surface area contributed by atoms with E-state index in [9.17, 15) is 8.78 Å². The van der Waals surface area contributed by atoms with Gasteiger partial charge in [0.05, 0.1) is 0 Å². The van der Waals surface area contributed by atoms with E-state index in [0.717, 1.165) is 42.2 Å². The Morgan fingerprint density at radius 1 is 0.957 bits per heavy atom. The molecule has 2 heteroatoms. The highest BCUT2D eigenvalue weighted by Crippen LogP contribution is 2.47. The lowest BCUT2D eigenvalue weighted by Gasteiger charge is -2.41. The smallest absolute Gasteiger partial charge is 0.126 e. The summed E-state index contributed by atoms with van der Waals surface area (Å²) in [5, 5.41) is 0. The molecule has 0 aromatic heterocycles. The summed E-state index contributed by atoms with van der Waals surface area (Å²) < 4.78 is 26.9. The van der Waals surface area contributed by atoms with Crippen LogP contribution in [0.1, 0.15) is 69.8 Å². The van der Waals surface area contributed by atoms with Gasteiger partial charge in [-0.05, 0) is 86.3 Å². The molecule has 2 saturated carbocycles. The van der Waals surface area contributed by atoms with Gasteiger partial charge in [0.15, 0.2) is 0 Å². The Balaban J connectivity index is 1.60. The summed E-state index contributed by atoms with van der Waals surface area (Å²) in [6.45, 7) is 2.22. The summed E-state index contributed by atoms with van der Waals surface area (Å²) in [5.41, 5.74) is 0.867. The van der Waals surface area contributed by atoms with Crippen molar-refractivity contribution in [3.05, 3.63) is 47.5 Å². The second kappa shape index (κ2) is 7.59. The lowest BCUT2D eigenvalue weighted by atomic mass is 9.64. The molecule has 126 valence electrons. The van der Waals surface area contributed by atoms with Crippen LogP contribution >= 0.6 is 0 Å². The van der Waals surface area contributed by atoms with Crippen molar-refractivity contribution in [2.45, 2.75) is 64.2 Å². The minimum Gasteiger partial charge on any atom is -0.207 e. The van der Waals surface area contributed by atoms with E-state index in [4.69, 9.17) is 0 Å². The fourth-order valence-electron chi connectivity index (χ4n) is 4.67. The van der Waals surface area contributed by atoms with Crippen LogP contribution in [0, 0.1) is 29.4 Å². The Morgan fingerprint density at radius 3 is 2.39 bits per heavy atom. The van der Waals surface area contributed by atoms with Crippen molar-refractivity contribution in [1.29, 1.82) is 0 Å². The molecular weight excluding hydrogens is 290 g/mol. The molecule has 0 spiro atoms. The highest BCUT2D eigenvalue weighted by molar-refractivity contribution is 5.22. The molecule has 23 heavy (non-hydrogen) atoms. The molecule has 0 bridgehead atoms. The number of halogens is 2. The van der Waals surface area contributed by atoms with Crippen LogP contribution in [0.5, 0.6) is 0 Å². The molecule has 0 nitrogen and oxygen atoms in total. The summed E-state index contributed by atoms with van der Waals surface area (Å²) in [7, 11) is 0. The van der Waals surface area contributed by atoms with Gasteiger partial charge in [-0.1, -0.05) is 25.5 Å². The molecule has 0 heterocycles. The van der Waals surface area contributed by atoms with Crippen LogP contribution in [0.3, 0.4) is 0 Å². The lowest BCUT2D eigenvalue weighted by Crippen LogP contribution is -2.30. The monoisotopic (exact) mass is 318 g/mol. The average Bonchev–Trinajstić information content (AvgIpc) is 2.53. The van der Waals surface area contributed by atoms with Gasteiger partial charge in [-0.25, -0.2) is 8.78 Å². The summed E-state index contributed by atoms with van der Waals surface area (Å²) >= 11 is 0. The van der Waals surface area contributed by atoms with Gasteiger partial charge in [0, 0.05) is 6.07 Å². The maximum Gasteiger partial charge on any atom is 0.126 e. The van der Waals surface area contributed by atoms with E-state index in [1.54, 1.807) is 0 Å². The summed E-state index contributed by atoms with van der Waals surface area (Å²) in [4.78, 5) is 0. The van der Waals surface area contributed by atoms with Crippen molar-refractivity contribution >= 4 is 0 Å². The Bertz CT molecular complexity index is 529. The molecular formula is C21H28F2. The summed E-state index contributed by atoms with van der Waals surface area (Å²) in [6.07, 6.45) is 14.5. The van der Waals surface area contributed by atoms with E-state index < -0.39 is 11.6 Å². The third kappa shape index (κ3) is 4.22. The second-order valence-corrected chi connectivity index (χ2v) is 7.52. The summed E-state index contributed by atoms with van der Waals surface area (Å²) in [5.74, 6) is 1.78. The molecule has 4 unspecified atom stereocenters. The molecule has 0 radical (unpaired) electrons. The number of allylic oxidation sites excluding steroid dienone is 2. The maximum absolute atomic E-state index is 13.5. The minimum atomic E-state index is -0.438. The number of hydrogen-bond donors (Lipinski definition) is 0. The van der Waals surface area contributed by atoms with Gasteiger partial charge >= 0.3 is 0 Å². The second-order valence-electron chi connectivity index (χ2n) is 7.52. The first kappa shape index (κ1) is 16.7. The van der Waals surface area contributed by atoms with E-state index in [2.05, 4.69) is 19.1 Å². The van der Waals surface area contributed by atoms with Gasteiger partial charge in [-0.2, -0.15) is 0 Å². The maximum atomic E-state index is 13.5. The van der Waals surface area contributed by atoms with Gasteiger partial charge in [0.1, 0.15) is 11.6 Å². The standard InChI is InChI=1S/C21H28F2/c1-2-3-4-5-15-6-7-17-11-18(9-8-16(17)10-15)19-12-20(22)14-21(23)13-19/h4-5,12-18H,2-3,6-11H2,1H3/b5-4+. The van der Waals surface area contributed by atoms with E-state index in [1.807, 2.05) is 0 Å². The molecule has 3 rings (SSSR count). The van der Waals surface area contributed by atoms with Crippen molar-refractivity contribution in [2.24, 2.45) is 17.8 Å². The molecule has 0 N–H and O–H groups in total. The number of unbranched alkanes of at least 4 members (excludes halogenated alkanes) is 1. The van der Waals surface area contributed by atoms with Crippen LogP contribution < -0.4 is 0 Å². The van der Waals surface area contributed by atoms with Crippen LogP contribution in [0.25, 0.3) is 0 Å². The zero-order chi connectivity index (χ0) is 16.2.